The summed E-state index contributed by atoms with van der Waals surface area (Å²) >= 11 is 0. The quantitative estimate of drug-likeness (QED) is 0.887. The molecule has 2 aromatic rings. The van der Waals surface area contributed by atoms with Gasteiger partial charge < -0.3 is 10.4 Å². The first-order valence-corrected chi connectivity index (χ1v) is 5.73. The highest BCUT2D eigenvalue weighted by Gasteiger charge is 2.11. The second kappa shape index (κ2) is 5.09. The van der Waals surface area contributed by atoms with E-state index in [0.29, 0.717) is 12.2 Å². The molecular formula is C13H14FN3O2. The van der Waals surface area contributed by atoms with Crippen LogP contribution in [0.5, 0.6) is 0 Å². The molecule has 2 rings (SSSR count). The lowest BCUT2D eigenvalue weighted by Crippen LogP contribution is -2.05. The van der Waals surface area contributed by atoms with Crippen LogP contribution in [0.1, 0.15) is 21.6 Å². The summed E-state index contributed by atoms with van der Waals surface area (Å²) < 4.78 is 15.0. The lowest BCUT2D eigenvalue weighted by Gasteiger charge is -2.07. The summed E-state index contributed by atoms with van der Waals surface area (Å²) in [5.41, 5.74) is 2.24. The summed E-state index contributed by atoms with van der Waals surface area (Å²) in [6.45, 7) is 2.45. The van der Waals surface area contributed by atoms with Crippen molar-refractivity contribution < 1.29 is 14.3 Å². The Morgan fingerprint density at radius 3 is 2.84 bits per heavy atom. The normalized spacial score (nSPS) is 10.5. The summed E-state index contributed by atoms with van der Waals surface area (Å²) in [4.78, 5) is 10.8. The summed E-state index contributed by atoms with van der Waals surface area (Å²) in [7, 11) is 1.85. The molecule has 1 aromatic carbocycles. The topological polar surface area (TPSA) is 67.2 Å². The second-order valence-corrected chi connectivity index (χ2v) is 4.23. The highest BCUT2D eigenvalue weighted by Crippen LogP contribution is 2.16. The van der Waals surface area contributed by atoms with E-state index in [0.717, 1.165) is 17.3 Å². The molecule has 0 radical (unpaired) electrons. The maximum absolute atomic E-state index is 13.2. The van der Waals surface area contributed by atoms with E-state index in [-0.39, 0.29) is 5.56 Å². The van der Waals surface area contributed by atoms with Gasteiger partial charge in [-0.05, 0) is 25.1 Å². The first kappa shape index (κ1) is 13.1. The molecule has 1 aromatic heterocycles. The van der Waals surface area contributed by atoms with E-state index in [1.54, 1.807) is 10.9 Å². The molecule has 19 heavy (non-hydrogen) atoms. The average molecular weight is 263 g/mol. The number of rotatable bonds is 4. The number of hydrogen-bond acceptors (Lipinski definition) is 3. The van der Waals surface area contributed by atoms with Gasteiger partial charge in [0.05, 0.1) is 11.8 Å². The Morgan fingerprint density at radius 1 is 1.53 bits per heavy atom. The molecule has 1 heterocycles. The maximum atomic E-state index is 13.2. The number of aromatic carboxylic acids is 1. The molecule has 6 heteroatoms. The number of aryl methyl sites for hydroxylation is 1. The fraction of sp³-hybridized carbons (Fsp3) is 0.231. The number of carboxylic acid groups (broad SMARTS) is 1. The SMILES string of the molecule is Cc1c(CNc2ccc(F)c(C(=O)O)c2)cnn1C. The monoisotopic (exact) mass is 263 g/mol. The van der Waals surface area contributed by atoms with Crippen LogP contribution >= 0.6 is 0 Å². The first-order chi connectivity index (χ1) is 8.99. The van der Waals surface area contributed by atoms with Gasteiger partial charge in [0.25, 0.3) is 0 Å². The third-order valence-corrected chi connectivity index (χ3v) is 3.02. The number of halogens is 1. The van der Waals surface area contributed by atoms with Crippen molar-refractivity contribution in [2.24, 2.45) is 7.05 Å². The van der Waals surface area contributed by atoms with Crippen LogP contribution in [0, 0.1) is 12.7 Å². The zero-order valence-corrected chi connectivity index (χ0v) is 10.6. The Kier molecular flexibility index (Phi) is 3.50. The average Bonchev–Trinajstić information content (AvgIpc) is 2.69. The Balaban J connectivity index is 2.14. The number of aromatic nitrogens is 2. The van der Waals surface area contributed by atoms with Gasteiger partial charge in [0.2, 0.25) is 0 Å². The highest BCUT2D eigenvalue weighted by molar-refractivity contribution is 5.89. The van der Waals surface area contributed by atoms with Gasteiger partial charge in [-0.3, -0.25) is 4.68 Å². The van der Waals surface area contributed by atoms with Gasteiger partial charge in [0.15, 0.2) is 0 Å². The number of benzene rings is 1. The summed E-state index contributed by atoms with van der Waals surface area (Å²) in [5.74, 6) is -2.02. The van der Waals surface area contributed by atoms with Crippen LogP contribution in [0.15, 0.2) is 24.4 Å². The summed E-state index contributed by atoms with van der Waals surface area (Å²) in [6.07, 6.45) is 1.74. The molecule has 100 valence electrons. The van der Waals surface area contributed by atoms with E-state index < -0.39 is 11.8 Å². The molecule has 0 aliphatic carbocycles. The molecule has 0 aliphatic heterocycles. The van der Waals surface area contributed by atoms with Gasteiger partial charge >= 0.3 is 5.97 Å². The van der Waals surface area contributed by atoms with Crippen molar-refractivity contribution in [1.29, 1.82) is 0 Å². The predicted molar refractivity (Wildman–Crippen MR) is 68.6 cm³/mol. The third kappa shape index (κ3) is 2.73. The van der Waals surface area contributed by atoms with Crippen LogP contribution in [0.2, 0.25) is 0 Å². The molecule has 0 bridgehead atoms. The fourth-order valence-electron chi connectivity index (χ4n) is 1.71. The highest BCUT2D eigenvalue weighted by atomic mass is 19.1. The third-order valence-electron chi connectivity index (χ3n) is 3.02. The Bertz CT molecular complexity index is 622. The van der Waals surface area contributed by atoms with Crippen LogP contribution in [0.25, 0.3) is 0 Å². The summed E-state index contributed by atoms with van der Waals surface area (Å²) in [6, 6.07) is 3.93. The Morgan fingerprint density at radius 2 is 2.26 bits per heavy atom. The molecule has 0 spiro atoms. The molecule has 5 nitrogen and oxygen atoms in total. The first-order valence-electron chi connectivity index (χ1n) is 5.73. The summed E-state index contributed by atoms with van der Waals surface area (Å²) in [5, 5.41) is 16.0. The van der Waals surface area contributed by atoms with Crippen molar-refractivity contribution >= 4 is 11.7 Å². The molecule has 0 unspecified atom stereocenters. The van der Waals surface area contributed by atoms with Crippen molar-refractivity contribution in [2.45, 2.75) is 13.5 Å². The Labute approximate surface area is 109 Å². The molecule has 0 saturated heterocycles. The van der Waals surface area contributed by atoms with Gasteiger partial charge in [0.1, 0.15) is 5.82 Å². The van der Waals surface area contributed by atoms with Gasteiger partial charge in [-0.15, -0.1) is 0 Å². The van der Waals surface area contributed by atoms with Gasteiger partial charge in [-0.25, -0.2) is 9.18 Å². The number of nitrogens with one attached hydrogen (secondary N) is 1. The molecule has 0 aliphatic rings. The smallest absolute Gasteiger partial charge is 0.338 e. The standard InChI is InChI=1S/C13H14FN3O2/c1-8-9(7-16-17(8)2)6-15-10-3-4-12(14)11(5-10)13(18)19/h3-5,7,15H,6H2,1-2H3,(H,18,19). The number of nitrogens with zero attached hydrogens (tertiary/aromatic N) is 2. The van der Waals surface area contributed by atoms with E-state index >= 15 is 0 Å². The van der Waals surface area contributed by atoms with E-state index in [9.17, 15) is 9.18 Å². The van der Waals surface area contributed by atoms with Crippen molar-refractivity contribution in [3.63, 3.8) is 0 Å². The van der Waals surface area contributed by atoms with Crippen LogP contribution in [0.4, 0.5) is 10.1 Å². The zero-order chi connectivity index (χ0) is 14.0. The minimum absolute atomic E-state index is 0.340. The predicted octanol–water partition coefficient (Wildman–Crippen LogP) is 2.18. The number of anilines is 1. The number of hydrogen-bond donors (Lipinski definition) is 2. The molecule has 0 fully saturated rings. The van der Waals surface area contributed by atoms with E-state index in [2.05, 4.69) is 10.4 Å². The minimum Gasteiger partial charge on any atom is -0.478 e. The van der Waals surface area contributed by atoms with Crippen molar-refractivity contribution in [1.82, 2.24) is 9.78 Å². The zero-order valence-electron chi connectivity index (χ0n) is 10.6. The minimum atomic E-state index is -1.28. The number of carboxylic acids is 1. The molecule has 2 N–H and O–H groups in total. The number of carbonyl (C=O) groups is 1. The molecule has 0 atom stereocenters. The lowest BCUT2D eigenvalue weighted by molar-refractivity contribution is 0.0692. The Hall–Kier alpha value is -2.37. The van der Waals surface area contributed by atoms with Gasteiger partial charge in [-0.1, -0.05) is 0 Å². The molecular weight excluding hydrogens is 249 g/mol. The van der Waals surface area contributed by atoms with E-state index in [1.807, 2.05) is 14.0 Å². The van der Waals surface area contributed by atoms with Crippen LogP contribution in [0.3, 0.4) is 0 Å². The van der Waals surface area contributed by atoms with Crippen molar-refractivity contribution in [3.05, 3.63) is 47.0 Å². The fourth-order valence-corrected chi connectivity index (χ4v) is 1.71. The maximum Gasteiger partial charge on any atom is 0.338 e. The van der Waals surface area contributed by atoms with Crippen molar-refractivity contribution in [3.8, 4) is 0 Å². The van der Waals surface area contributed by atoms with Gasteiger partial charge in [0, 0.05) is 30.5 Å². The van der Waals surface area contributed by atoms with E-state index in [1.165, 1.54) is 12.1 Å². The largest absolute Gasteiger partial charge is 0.478 e. The van der Waals surface area contributed by atoms with E-state index in [4.69, 9.17) is 5.11 Å². The second-order valence-electron chi connectivity index (χ2n) is 4.23. The van der Waals surface area contributed by atoms with Gasteiger partial charge in [-0.2, -0.15) is 5.10 Å². The van der Waals surface area contributed by atoms with Crippen molar-refractivity contribution in [2.75, 3.05) is 5.32 Å². The van der Waals surface area contributed by atoms with Crippen LogP contribution in [-0.4, -0.2) is 20.9 Å². The lowest BCUT2D eigenvalue weighted by atomic mass is 10.2. The van der Waals surface area contributed by atoms with Crippen LogP contribution < -0.4 is 5.32 Å². The molecule has 0 amide bonds. The van der Waals surface area contributed by atoms with Crippen LogP contribution in [-0.2, 0) is 13.6 Å². The molecule has 0 saturated carbocycles.